The summed E-state index contributed by atoms with van der Waals surface area (Å²) in [6.45, 7) is 5.65. The van der Waals surface area contributed by atoms with E-state index in [-0.39, 0.29) is 17.5 Å². The minimum Gasteiger partial charge on any atom is -0.380 e. The predicted molar refractivity (Wildman–Crippen MR) is 89.9 cm³/mol. The summed E-state index contributed by atoms with van der Waals surface area (Å²) in [5.41, 5.74) is 0.560. The predicted octanol–water partition coefficient (Wildman–Crippen LogP) is 1.99. The van der Waals surface area contributed by atoms with Crippen molar-refractivity contribution in [3.8, 4) is 0 Å². The van der Waals surface area contributed by atoms with Crippen LogP contribution in [-0.4, -0.2) is 39.7 Å². The van der Waals surface area contributed by atoms with Crippen LogP contribution in [0.3, 0.4) is 0 Å². The summed E-state index contributed by atoms with van der Waals surface area (Å²) in [4.78, 5) is 25.8. The Morgan fingerprint density at radius 2 is 2.09 bits per heavy atom. The van der Waals surface area contributed by atoms with Gasteiger partial charge in [-0.05, 0) is 34.7 Å². The highest BCUT2D eigenvalue weighted by Gasteiger charge is 2.23. The standard InChI is InChI=1S/C15H23BrN4O2/c1-10(2)8-13(21)20-6-4-11(5-7-20)18-12-9-17-19(3)15(22)14(12)16/h9-11,18H,4-8H2,1-3H3. The largest absolute Gasteiger partial charge is 0.380 e. The molecule has 6 nitrogen and oxygen atoms in total. The highest BCUT2D eigenvalue weighted by molar-refractivity contribution is 9.10. The number of anilines is 1. The van der Waals surface area contributed by atoms with Crippen LogP contribution in [0.25, 0.3) is 0 Å². The van der Waals surface area contributed by atoms with E-state index >= 15 is 0 Å². The zero-order valence-electron chi connectivity index (χ0n) is 13.3. The molecule has 1 fully saturated rings. The number of hydrogen-bond acceptors (Lipinski definition) is 4. The lowest BCUT2D eigenvalue weighted by Gasteiger charge is -2.33. The van der Waals surface area contributed by atoms with E-state index in [0.717, 1.165) is 31.6 Å². The van der Waals surface area contributed by atoms with Crippen LogP contribution in [0.5, 0.6) is 0 Å². The molecule has 1 aromatic heterocycles. The Kier molecular flexibility index (Phi) is 5.61. The van der Waals surface area contributed by atoms with E-state index in [1.165, 1.54) is 4.68 Å². The van der Waals surface area contributed by atoms with Crippen molar-refractivity contribution in [2.45, 2.75) is 39.2 Å². The fourth-order valence-corrected chi connectivity index (χ4v) is 3.06. The molecule has 1 aliphatic rings. The number of carbonyl (C=O) groups excluding carboxylic acids is 1. The molecule has 1 aromatic rings. The number of rotatable bonds is 4. The fraction of sp³-hybridized carbons (Fsp3) is 0.667. The first-order valence-electron chi connectivity index (χ1n) is 7.64. The molecule has 1 N–H and O–H groups in total. The Bertz CT molecular complexity index is 592. The molecule has 1 saturated heterocycles. The Labute approximate surface area is 139 Å². The van der Waals surface area contributed by atoms with Crippen LogP contribution in [-0.2, 0) is 11.8 Å². The van der Waals surface area contributed by atoms with Crippen LogP contribution in [0.15, 0.2) is 15.5 Å². The molecule has 0 saturated carbocycles. The van der Waals surface area contributed by atoms with Crippen LogP contribution in [0.4, 0.5) is 5.69 Å². The third-order valence-electron chi connectivity index (χ3n) is 3.87. The molecule has 22 heavy (non-hydrogen) atoms. The quantitative estimate of drug-likeness (QED) is 0.879. The average molecular weight is 371 g/mol. The van der Waals surface area contributed by atoms with Gasteiger partial charge in [0.2, 0.25) is 5.91 Å². The summed E-state index contributed by atoms with van der Waals surface area (Å²) in [5.74, 6) is 0.635. The van der Waals surface area contributed by atoms with Crippen LogP contribution in [0.1, 0.15) is 33.1 Å². The Morgan fingerprint density at radius 1 is 1.45 bits per heavy atom. The van der Waals surface area contributed by atoms with Crippen molar-refractivity contribution in [3.63, 3.8) is 0 Å². The van der Waals surface area contributed by atoms with E-state index < -0.39 is 0 Å². The van der Waals surface area contributed by atoms with E-state index in [9.17, 15) is 9.59 Å². The Balaban J connectivity index is 1.92. The molecule has 7 heteroatoms. The molecule has 0 aliphatic carbocycles. The van der Waals surface area contributed by atoms with Gasteiger partial charge in [0.15, 0.2) is 0 Å². The van der Waals surface area contributed by atoms with Gasteiger partial charge in [0, 0.05) is 32.6 Å². The summed E-state index contributed by atoms with van der Waals surface area (Å²) in [6.07, 6.45) is 4.03. The van der Waals surface area contributed by atoms with Crippen molar-refractivity contribution in [2.75, 3.05) is 18.4 Å². The number of nitrogens with one attached hydrogen (secondary N) is 1. The number of nitrogens with zero attached hydrogens (tertiary/aromatic N) is 3. The van der Waals surface area contributed by atoms with Crippen LogP contribution in [0, 0.1) is 5.92 Å². The lowest BCUT2D eigenvalue weighted by molar-refractivity contribution is -0.132. The van der Waals surface area contributed by atoms with Gasteiger partial charge in [0.05, 0.1) is 11.9 Å². The molecule has 0 aromatic carbocycles. The first kappa shape index (κ1) is 17.0. The third kappa shape index (κ3) is 4.09. The normalized spacial score (nSPS) is 16.1. The monoisotopic (exact) mass is 370 g/mol. The van der Waals surface area contributed by atoms with E-state index in [1.807, 2.05) is 4.90 Å². The maximum Gasteiger partial charge on any atom is 0.282 e. The first-order valence-corrected chi connectivity index (χ1v) is 8.44. The molecule has 122 valence electrons. The van der Waals surface area contributed by atoms with Crippen LogP contribution in [0.2, 0.25) is 0 Å². The number of piperidine rings is 1. The van der Waals surface area contributed by atoms with E-state index in [4.69, 9.17) is 0 Å². The van der Waals surface area contributed by atoms with Crippen molar-refractivity contribution in [1.82, 2.24) is 14.7 Å². The number of likely N-dealkylation sites (tertiary alicyclic amines) is 1. The highest BCUT2D eigenvalue weighted by Crippen LogP contribution is 2.21. The minimum absolute atomic E-state index is 0.158. The van der Waals surface area contributed by atoms with Gasteiger partial charge in [-0.1, -0.05) is 13.8 Å². The van der Waals surface area contributed by atoms with Crippen molar-refractivity contribution < 1.29 is 4.79 Å². The maximum absolute atomic E-state index is 12.1. The fourth-order valence-electron chi connectivity index (χ4n) is 2.58. The molecule has 0 unspecified atom stereocenters. The lowest BCUT2D eigenvalue weighted by atomic mass is 10.0. The topological polar surface area (TPSA) is 67.2 Å². The molecule has 0 radical (unpaired) electrons. The summed E-state index contributed by atoms with van der Waals surface area (Å²) >= 11 is 3.32. The lowest BCUT2D eigenvalue weighted by Crippen LogP contribution is -2.42. The van der Waals surface area contributed by atoms with Crippen molar-refractivity contribution in [3.05, 3.63) is 21.0 Å². The molecule has 1 aliphatic heterocycles. The van der Waals surface area contributed by atoms with Gasteiger partial charge in [0.1, 0.15) is 4.47 Å². The average Bonchev–Trinajstić information content (AvgIpc) is 2.48. The molecule has 1 amide bonds. The van der Waals surface area contributed by atoms with Crippen molar-refractivity contribution >= 4 is 27.5 Å². The zero-order chi connectivity index (χ0) is 16.3. The van der Waals surface area contributed by atoms with Gasteiger partial charge in [0.25, 0.3) is 5.56 Å². The number of hydrogen-bond donors (Lipinski definition) is 1. The second-order valence-corrected chi connectivity index (χ2v) is 6.99. The third-order valence-corrected chi connectivity index (χ3v) is 4.63. The van der Waals surface area contributed by atoms with Gasteiger partial charge >= 0.3 is 0 Å². The molecule has 0 bridgehead atoms. The highest BCUT2D eigenvalue weighted by atomic mass is 79.9. The van der Waals surface area contributed by atoms with Gasteiger partial charge < -0.3 is 10.2 Å². The summed E-state index contributed by atoms with van der Waals surface area (Å²) < 4.78 is 1.80. The molecule has 0 spiro atoms. The van der Waals surface area contributed by atoms with Crippen LogP contribution >= 0.6 is 15.9 Å². The minimum atomic E-state index is -0.158. The zero-order valence-corrected chi connectivity index (χ0v) is 14.9. The maximum atomic E-state index is 12.1. The summed E-state index contributed by atoms with van der Waals surface area (Å²) in [5, 5.41) is 7.38. The molecular weight excluding hydrogens is 348 g/mol. The van der Waals surface area contributed by atoms with E-state index in [1.54, 1.807) is 13.2 Å². The van der Waals surface area contributed by atoms with Crippen molar-refractivity contribution in [1.29, 1.82) is 0 Å². The second kappa shape index (κ2) is 7.26. The van der Waals surface area contributed by atoms with E-state index in [0.29, 0.717) is 16.8 Å². The Hall–Kier alpha value is -1.37. The smallest absolute Gasteiger partial charge is 0.282 e. The van der Waals surface area contributed by atoms with Gasteiger partial charge in [-0.25, -0.2) is 4.68 Å². The summed E-state index contributed by atoms with van der Waals surface area (Å²) in [6, 6.07) is 0.258. The van der Waals surface area contributed by atoms with Gasteiger partial charge in [-0.3, -0.25) is 9.59 Å². The first-order chi connectivity index (χ1) is 10.4. The van der Waals surface area contributed by atoms with E-state index in [2.05, 4.69) is 40.2 Å². The molecule has 0 atom stereocenters. The number of carbonyl (C=O) groups is 1. The van der Waals surface area contributed by atoms with Gasteiger partial charge in [-0.15, -0.1) is 0 Å². The van der Waals surface area contributed by atoms with Crippen LogP contribution < -0.4 is 10.9 Å². The number of aryl methyl sites for hydroxylation is 1. The number of amides is 1. The SMILES string of the molecule is CC(C)CC(=O)N1CCC(Nc2cnn(C)c(=O)c2Br)CC1. The molecule has 2 heterocycles. The molecule has 2 rings (SSSR count). The van der Waals surface area contributed by atoms with Crippen molar-refractivity contribution in [2.24, 2.45) is 13.0 Å². The number of halogens is 1. The Morgan fingerprint density at radius 3 is 2.68 bits per heavy atom. The van der Waals surface area contributed by atoms with Gasteiger partial charge in [-0.2, -0.15) is 5.10 Å². The summed E-state index contributed by atoms with van der Waals surface area (Å²) in [7, 11) is 1.62. The second-order valence-electron chi connectivity index (χ2n) is 6.20. The molecular formula is C15H23BrN4O2. The number of aromatic nitrogens is 2.